The number of nitrogens with zero attached hydrogens (tertiary/aromatic N) is 2. The zero-order valence-electron chi connectivity index (χ0n) is 14.0. The molecule has 0 saturated heterocycles. The van der Waals surface area contributed by atoms with Crippen LogP contribution >= 0.6 is 35.3 Å². The zero-order valence-corrected chi connectivity index (χ0v) is 18.0. The maximum atomic E-state index is 12.0. The standard InChI is InChI=1S/C15H26N4OS2.HI/c1-4-22(20)14-7-5-6-12(8-14)19-15(16-3)18-10-13-9-17-11(2)21-13;/h9,12,14H,4-8,10H2,1-3H3,(H2,16,18,19);1H. The van der Waals surface area contributed by atoms with E-state index in [2.05, 4.69) is 20.6 Å². The van der Waals surface area contributed by atoms with Crippen molar-refractivity contribution in [3.63, 3.8) is 0 Å². The topological polar surface area (TPSA) is 66.4 Å². The van der Waals surface area contributed by atoms with Crippen LogP contribution in [-0.2, 0) is 17.3 Å². The molecule has 8 heteroatoms. The number of aromatic nitrogens is 1. The molecule has 0 amide bonds. The van der Waals surface area contributed by atoms with E-state index in [1.54, 1.807) is 18.4 Å². The highest BCUT2D eigenvalue weighted by molar-refractivity contribution is 14.0. The summed E-state index contributed by atoms with van der Waals surface area (Å²) in [4.78, 5) is 9.76. The van der Waals surface area contributed by atoms with Gasteiger partial charge in [-0.2, -0.15) is 0 Å². The van der Waals surface area contributed by atoms with Gasteiger partial charge in [0.05, 0.1) is 11.6 Å². The van der Waals surface area contributed by atoms with Crippen molar-refractivity contribution >= 4 is 52.1 Å². The zero-order chi connectivity index (χ0) is 15.9. The second-order valence-corrected chi connectivity index (χ2v) is 8.90. The van der Waals surface area contributed by atoms with Crippen LogP contribution in [0.2, 0.25) is 0 Å². The van der Waals surface area contributed by atoms with E-state index in [4.69, 9.17) is 0 Å². The Bertz CT molecular complexity index is 535. The van der Waals surface area contributed by atoms with Crippen LogP contribution in [0.5, 0.6) is 0 Å². The third-order valence-electron chi connectivity index (χ3n) is 3.95. The predicted octanol–water partition coefficient (Wildman–Crippen LogP) is 2.81. The van der Waals surface area contributed by atoms with E-state index >= 15 is 0 Å². The average Bonchev–Trinajstić information content (AvgIpc) is 2.96. The lowest BCUT2D eigenvalue weighted by atomic mass is 9.95. The number of halogens is 1. The molecule has 3 atom stereocenters. The number of nitrogens with one attached hydrogen (secondary N) is 2. The fourth-order valence-corrected chi connectivity index (χ4v) is 4.88. The first kappa shape index (κ1) is 20.8. The Kier molecular flexibility index (Phi) is 9.60. The highest BCUT2D eigenvalue weighted by atomic mass is 127. The van der Waals surface area contributed by atoms with Crippen molar-refractivity contribution in [1.82, 2.24) is 15.6 Å². The minimum atomic E-state index is -0.688. The molecular formula is C15H27IN4OS2. The molecule has 1 aromatic rings. The largest absolute Gasteiger partial charge is 0.354 e. The van der Waals surface area contributed by atoms with Crippen LogP contribution in [-0.4, -0.2) is 39.2 Å². The molecule has 5 nitrogen and oxygen atoms in total. The molecule has 1 heterocycles. The molecule has 2 N–H and O–H groups in total. The number of thiazole rings is 1. The number of rotatable bonds is 5. The van der Waals surface area contributed by atoms with Gasteiger partial charge in [0.15, 0.2) is 5.96 Å². The average molecular weight is 470 g/mol. The van der Waals surface area contributed by atoms with E-state index < -0.39 is 10.8 Å². The Morgan fingerprint density at radius 2 is 2.30 bits per heavy atom. The van der Waals surface area contributed by atoms with Gasteiger partial charge in [-0.25, -0.2) is 4.98 Å². The summed E-state index contributed by atoms with van der Waals surface area (Å²) in [5, 5.41) is 8.23. The summed E-state index contributed by atoms with van der Waals surface area (Å²) in [5.74, 6) is 1.58. The summed E-state index contributed by atoms with van der Waals surface area (Å²) < 4.78 is 12.0. The smallest absolute Gasteiger partial charge is 0.191 e. The lowest BCUT2D eigenvalue weighted by Gasteiger charge is -2.30. The van der Waals surface area contributed by atoms with E-state index in [9.17, 15) is 4.21 Å². The van der Waals surface area contributed by atoms with E-state index in [1.165, 1.54) is 4.88 Å². The van der Waals surface area contributed by atoms with E-state index in [0.717, 1.165) is 48.9 Å². The predicted molar refractivity (Wildman–Crippen MR) is 110 cm³/mol. The molecule has 0 aliphatic heterocycles. The van der Waals surface area contributed by atoms with E-state index in [-0.39, 0.29) is 24.0 Å². The van der Waals surface area contributed by atoms with Crippen LogP contribution in [0.15, 0.2) is 11.2 Å². The monoisotopic (exact) mass is 470 g/mol. The van der Waals surface area contributed by atoms with Crippen LogP contribution in [0.4, 0.5) is 0 Å². The highest BCUT2D eigenvalue weighted by Crippen LogP contribution is 2.23. The van der Waals surface area contributed by atoms with Gasteiger partial charge in [0.1, 0.15) is 0 Å². The fourth-order valence-electron chi connectivity index (χ4n) is 2.80. The maximum absolute atomic E-state index is 12.0. The summed E-state index contributed by atoms with van der Waals surface area (Å²) >= 11 is 1.70. The molecular weight excluding hydrogens is 443 g/mol. The highest BCUT2D eigenvalue weighted by Gasteiger charge is 2.25. The first-order chi connectivity index (χ1) is 10.6. The van der Waals surface area contributed by atoms with Gasteiger partial charge in [-0.1, -0.05) is 13.3 Å². The molecule has 2 rings (SSSR count). The van der Waals surface area contributed by atoms with Crippen molar-refractivity contribution in [3.8, 4) is 0 Å². The second kappa shape index (κ2) is 10.6. The molecule has 1 aliphatic carbocycles. The summed E-state index contributed by atoms with van der Waals surface area (Å²) in [7, 11) is 1.10. The minimum Gasteiger partial charge on any atom is -0.354 e. The van der Waals surface area contributed by atoms with Gasteiger partial charge in [0.25, 0.3) is 0 Å². The van der Waals surface area contributed by atoms with Crippen LogP contribution in [0, 0.1) is 6.92 Å². The third kappa shape index (κ3) is 6.66. The summed E-state index contributed by atoms with van der Waals surface area (Å²) in [6, 6.07) is 0.364. The normalized spacial score (nSPS) is 23.0. The van der Waals surface area contributed by atoms with Crippen molar-refractivity contribution in [3.05, 3.63) is 16.1 Å². The quantitative estimate of drug-likeness (QED) is 0.395. The Balaban J connectivity index is 0.00000264. The Morgan fingerprint density at radius 3 is 2.91 bits per heavy atom. The minimum absolute atomic E-state index is 0. The van der Waals surface area contributed by atoms with Crippen molar-refractivity contribution in [2.75, 3.05) is 12.8 Å². The van der Waals surface area contributed by atoms with Crippen molar-refractivity contribution in [1.29, 1.82) is 0 Å². The first-order valence-corrected chi connectivity index (χ1v) is 10.1. The van der Waals surface area contributed by atoms with Gasteiger partial charge in [0, 0.05) is 46.0 Å². The Labute approximate surface area is 162 Å². The van der Waals surface area contributed by atoms with Crippen LogP contribution in [0.3, 0.4) is 0 Å². The Morgan fingerprint density at radius 1 is 1.52 bits per heavy atom. The van der Waals surface area contributed by atoms with Crippen LogP contribution in [0.25, 0.3) is 0 Å². The number of hydrogen-bond acceptors (Lipinski definition) is 4. The molecule has 1 fully saturated rings. The van der Waals surface area contributed by atoms with Crippen molar-refractivity contribution in [2.45, 2.75) is 57.4 Å². The number of aliphatic imine (C=N–C) groups is 1. The van der Waals surface area contributed by atoms with Gasteiger partial charge in [-0.3, -0.25) is 9.20 Å². The van der Waals surface area contributed by atoms with E-state index in [0.29, 0.717) is 11.3 Å². The van der Waals surface area contributed by atoms with E-state index in [1.807, 2.05) is 20.0 Å². The molecule has 1 saturated carbocycles. The maximum Gasteiger partial charge on any atom is 0.191 e. The summed E-state index contributed by atoms with van der Waals surface area (Å²) in [5.41, 5.74) is 0. The molecule has 0 bridgehead atoms. The van der Waals surface area contributed by atoms with Gasteiger partial charge >= 0.3 is 0 Å². The molecule has 0 spiro atoms. The van der Waals surface area contributed by atoms with Gasteiger partial charge in [-0.05, 0) is 26.2 Å². The van der Waals surface area contributed by atoms with Gasteiger partial charge < -0.3 is 10.6 Å². The third-order valence-corrected chi connectivity index (χ3v) is 6.60. The number of hydrogen-bond donors (Lipinski definition) is 2. The van der Waals surface area contributed by atoms with Crippen molar-refractivity contribution in [2.24, 2.45) is 4.99 Å². The molecule has 132 valence electrons. The molecule has 23 heavy (non-hydrogen) atoms. The molecule has 3 unspecified atom stereocenters. The second-order valence-electron chi connectivity index (χ2n) is 5.57. The first-order valence-electron chi connectivity index (χ1n) is 7.88. The SMILES string of the molecule is CCS(=O)C1CCCC(NC(=NC)NCc2cnc(C)s2)C1.I. The Hall–Kier alpha value is -0.220. The fraction of sp³-hybridized carbons (Fsp3) is 0.733. The van der Waals surface area contributed by atoms with Crippen LogP contribution < -0.4 is 10.6 Å². The molecule has 0 radical (unpaired) electrons. The van der Waals surface area contributed by atoms with Gasteiger partial charge in [0.2, 0.25) is 0 Å². The summed E-state index contributed by atoms with van der Waals surface area (Å²) in [6.45, 7) is 4.75. The number of aryl methyl sites for hydroxylation is 1. The number of guanidine groups is 1. The van der Waals surface area contributed by atoms with Gasteiger partial charge in [-0.15, -0.1) is 35.3 Å². The lowest BCUT2D eigenvalue weighted by molar-refractivity contribution is 0.413. The molecule has 1 aliphatic rings. The van der Waals surface area contributed by atoms with Crippen LogP contribution in [0.1, 0.15) is 42.5 Å². The summed E-state index contributed by atoms with van der Waals surface area (Å²) in [6.07, 6.45) is 6.23. The molecule has 0 aromatic carbocycles. The lowest BCUT2D eigenvalue weighted by Crippen LogP contribution is -2.46. The van der Waals surface area contributed by atoms with Crippen molar-refractivity contribution < 1.29 is 4.21 Å². The molecule has 1 aromatic heterocycles.